The largest absolute Gasteiger partial charge is 0.491 e. The van der Waals surface area contributed by atoms with Gasteiger partial charge >= 0.3 is 6.03 Å². The lowest BCUT2D eigenvalue weighted by Gasteiger charge is -2.46. The predicted octanol–water partition coefficient (Wildman–Crippen LogP) is 1.23. The van der Waals surface area contributed by atoms with Crippen LogP contribution in [-0.4, -0.2) is 79.6 Å². The highest BCUT2D eigenvalue weighted by molar-refractivity contribution is 5.74. The van der Waals surface area contributed by atoms with Crippen molar-refractivity contribution in [3.63, 3.8) is 0 Å². The molecule has 2 aliphatic rings. The van der Waals surface area contributed by atoms with Crippen molar-refractivity contribution in [1.29, 1.82) is 5.26 Å². The molecule has 2 saturated heterocycles. The van der Waals surface area contributed by atoms with Crippen LogP contribution in [0.5, 0.6) is 5.75 Å². The molecular formula is C20H27FN4O3. The summed E-state index contributed by atoms with van der Waals surface area (Å²) in [6.45, 7) is 3.22. The molecule has 3 unspecified atom stereocenters. The van der Waals surface area contributed by atoms with Gasteiger partial charge in [0.1, 0.15) is 25.1 Å². The molecule has 0 saturated carbocycles. The molecule has 2 N–H and O–H groups in total. The van der Waals surface area contributed by atoms with Crippen molar-refractivity contribution in [2.45, 2.75) is 12.5 Å². The van der Waals surface area contributed by atoms with Crippen LogP contribution in [0.3, 0.4) is 0 Å². The Morgan fingerprint density at radius 3 is 2.57 bits per heavy atom. The third-order valence-corrected chi connectivity index (χ3v) is 5.21. The van der Waals surface area contributed by atoms with Crippen LogP contribution in [0, 0.1) is 23.2 Å². The first-order chi connectivity index (χ1) is 13.6. The highest BCUT2D eigenvalue weighted by Crippen LogP contribution is 2.28. The Morgan fingerprint density at radius 1 is 1.29 bits per heavy atom. The van der Waals surface area contributed by atoms with E-state index in [9.17, 15) is 14.3 Å². The summed E-state index contributed by atoms with van der Waals surface area (Å²) >= 11 is 0. The minimum absolute atomic E-state index is 0.0578. The molecule has 1 aromatic rings. The Kier molecular flexibility index (Phi) is 7.06. The average Bonchev–Trinajstić information content (AvgIpc) is 2.70. The number of nitriles is 1. The van der Waals surface area contributed by atoms with Gasteiger partial charge in [0.05, 0.1) is 11.6 Å². The summed E-state index contributed by atoms with van der Waals surface area (Å²) < 4.78 is 17.9. The van der Waals surface area contributed by atoms with E-state index in [-0.39, 0.29) is 19.2 Å². The minimum Gasteiger partial charge on any atom is -0.491 e. The smallest absolute Gasteiger partial charge is 0.317 e. The van der Waals surface area contributed by atoms with Gasteiger partial charge in [-0.1, -0.05) is 0 Å². The Balaban J connectivity index is 1.42. The van der Waals surface area contributed by atoms with Crippen molar-refractivity contribution in [3.05, 3.63) is 29.8 Å². The van der Waals surface area contributed by atoms with Crippen molar-refractivity contribution in [2.75, 3.05) is 52.6 Å². The first-order valence-electron chi connectivity index (χ1n) is 9.69. The van der Waals surface area contributed by atoms with Gasteiger partial charge in [-0.15, -0.1) is 0 Å². The number of hydrogen-bond donors (Lipinski definition) is 2. The van der Waals surface area contributed by atoms with Gasteiger partial charge in [0, 0.05) is 39.3 Å². The number of carbonyl (C=O) groups excluding carboxylic acids is 1. The zero-order chi connectivity index (χ0) is 19.9. The zero-order valence-corrected chi connectivity index (χ0v) is 15.9. The Morgan fingerprint density at radius 2 is 1.96 bits per heavy atom. The lowest BCUT2D eigenvalue weighted by molar-refractivity contribution is 0.00919. The summed E-state index contributed by atoms with van der Waals surface area (Å²) in [6.07, 6.45) is 0.472. The van der Waals surface area contributed by atoms with Crippen molar-refractivity contribution in [2.24, 2.45) is 11.8 Å². The lowest BCUT2D eigenvalue weighted by Crippen LogP contribution is -2.57. The predicted molar refractivity (Wildman–Crippen MR) is 102 cm³/mol. The van der Waals surface area contributed by atoms with Gasteiger partial charge in [-0.25, -0.2) is 9.18 Å². The number of alkyl halides is 1. The lowest BCUT2D eigenvalue weighted by atomic mass is 9.84. The van der Waals surface area contributed by atoms with Gasteiger partial charge in [0.25, 0.3) is 0 Å². The molecule has 0 spiro atoms. The maximum Gasteiger partial charge on any atom is 0.317 e. The number of aliphatic hydroxyl groups is 1. The van der Waals surface area contributed by atoms with E-state index in [1.807, 2.05) is 0 Å². The molecule has 2 fully saturated rings. The molecule has 2 amide bonds. The van der Waals surface area contributed by atoms with Crippen molar-refractivity contribution < 1.29 is 19.0 Å². The number of urea groups is 1. The van der Waals surface area contributed by atoms with Crippen molar-refractivity contribution >= 4 is 6.03 Å². The Bertz CT molecular complexity index is 680. The number of aliphatic hydroxyl groups excluding tert-OH is 1. The molecule has 0 aromatic heterocycles. The van der Waals surface area contributed by atoms with E-state index in [1.165, 1.54) is 0 Å². The number of β-amino-alcohol motifs (C(OH)–C–C–N with tert-alkyl or cyclic N) is 1. The number of piperidine rings is 2. The fourth-order valence-electron chi connectivity index (χ4n) is 4.14. The topological polar surface area (TPSA) is 88.8 Å². The zero-order valence-electron chi connectivity index (χ0n) is 15.9. The van der Waals surface area contributed by atoms with E-state index in [0.717, 1.165) is 19.5 Å². The van der Waals surface area contributed by atoms with Gasteiger partial charge in [-0.3, -0.25) is 4.90 Å². The number of hydrogen-bond acceptors (Lipinski definition) is 5. The first-order valence-corrected chi connectivity index (χ1v) is 9.69. The maximum atomic E-state index is 12.2. The van der Waals surface area contributed by atoms with E-state index < -0.39 is 12.8 Å². The number of benzene rings is 1. The van der Waals surface area contributed by atoms with Crippen LogP contribution in [0.2, 0.25) is 0 Å². The van der Waals surface area contributed by atoms with Gasteiger partial charge in [0.2, 0.25) is 0 Å². The van der Waals surface area contributed by atoms with Crippen LogP contribution in [-0.2, 0) is 0 Å². The summed E-state index contributed by atoms with van der Waals surface area (Å²) in [7, 11) is 0. The molecular weight excluding hydrogens is 363 g/mol. The normalized spacial score (nSPS) is 23.0. The number of ether oxygens (including phenoxy) is 1. The summed E-state index contributed by atoms with van der Waals surface area (Å²) in [4.78, 5) is 16.1. The van der Waals surface area contributed by atoms with E-state index in [4.69, 9.17) is 10.00 Å². The van der Waals surface area contributed by atoms with Gasteiger partial charge in [0.15, 0.2) is 0 Å². The molecule has 2 aliphatic heterocycles. The van der Waals surface area contributed by atoms with Crippen LogP contribution in [0.15, 0.2) is 24.3 Å². The molecule has 0 radical (unpaired) electrons. The number of carbonyl (C=O) groups is 1. The third-order valence-electron chi connectivity index (χ3n) is 5.21. The number of fused-ring (bicyclic) bond motifs is 2. The van der Waals surface area contributed by atoms with E-state index in [0.29, 0.717) is 42.8 Å². The van der Waals surface area contributed by atoms with Gasteiger partial charge < -0.3 is 20.1 Å². The van der Waals surface area contributed by atoms with Crippen LogP contribution in [0.25, 0.3) is 0 Å². The molecule has 2 heterocycles. The Labute approximate surface area is 164 Å². The number of halogens is 1. The SMILES string of the molecule is N#Cc1ccc(OCC(O)CN2CC3CC(C2)CN(C(=O)NCCF)C3)cc1. The number of rotatable bonds is 7. The first kappa shape index (κ1) is 20.4. The maximum absolute atomic E-state index is 12.2. The molecule has 1 aromatic carbocycles. The third kappa shape index (κ3) is 5.57. The molecule has 8 heteroatoms. The average molecular weight is 390 g/mol. The highest BCUT2D eigenvalue weighted by Gasteiger charge is 2.36. The van der Waals surface area contributed by atoms with E-state index in [2.05, 4.69) is 16.3 Å². The summed E-state index contributed by atoms with van der Waals surface area (Å²) in [5.74, 6) is 1.37. The molecule has 3 atom stereocenters. The summed E-state index contributed by atoms with van der Waals surface area (Å²) in [5.41, 5.74) is 0.570. The molecule has 152 valence electrons. The Hall–Kier alpha value is -2.37. The van der Waals surface area contributed by atoms with Crippen LogP contribution in [0.4, 0.5) is 9.18 Å². The summed E-state index contributed by atoms with van der Waals surface area (Å²) in [6, 6.07) is 8.68. The minimum atomic E-state index is -0.613. The monoisotopic (exact) mass is 390 g/mol. The van der Waals surface area contributed by atoms with Crippen molar-refractivity contribution in [1.82, 2.24) is 15.1 Å². The fraction of sp³-hybridized carbons (Fsp3) is 0.600. The second kappa shape index (κ2) is 9.71. The standard InChI is InChI=1S/C20H27FN4O3/c21-5-6-23-20(27)25-11-16-7-17(12-25)10-24(9-16)13-18(26)14-28-19-3-1-15(8-22)2-4-19/h1-4,16-18,26H,5-7,9-14H2,(H,23,27). The van der Waals surface area contributed by atoms with Crippen LogP contribution in [0.1, 0.15) is 12.0 Å². The van der Waals surface area contributed by atoms with Gasteiger partial charge in [-0.05, 0) is 42.5 Å². The molecule has 28 heavy (non-hydrogen) atoms. The summed E-state index contributed by atoms with van der Waals surface area (Å²) in [5, 5.41) is 21.7. The molecule has 0 aliphatic carbocycles. The number of nitrogens with zero attached hydrogens (tertiary/aromatic N) is 3. The fourth-order valence-corrected chi connectivity index (χ4v) is 4.14. The second-order valence-electron chi connectivity index (χ2n) is 7.61. The van der Waals surface area contributed by atoms with E-state index >= 15 is 0 Å². The van der Waals surface area contributed by atoms with Gasteiger partial charge in [-0.2, -0.15) is 5.26 Å². The molecule has 3 rings (SSSR count). The molecule has 7 nitrogen and oxygen atoms in total. The number of likely N-dealkylation sites (tertiary alicyclic amines) is 2. The number of amides is 2. The number of nitrogens with one attached hydrogen (secondary N) is 1. The second-order valence-corrected chi connectivity index (χ2v) is 7.61. The molecule has 2 bridgehead atoms. The van der Waals surface area contributed by atoms with E-state index in [1.54, 1.807) is 29.2 Å². The van der Waals surface area contributed by atoms with Crippen molar-refractivity contribution in [3.8, 4) is 11.8 Å². The van der Waals surface area contributed by atoms with Crippen LogP contribution < -0.4 is 10.1 Å². The quantitative estimate of drug-likeness (QED) is 0.731. The highest BCUT2D eigenvalue weighted by atomic mass is 19.1. The van der Waals surface area contributed by atoms with Crippen LogP contribution >= 0.6 is 0 Å².